The maximum atomic E-state index is 9.56. The van der Waals surface area contributed by atoms with Crippen LogP contribution in [0.1, 0.15) is 36.5 Å². The Morgan fingerprint density at radius 2 is 1.91 bits per heavy atom. The Balaban J connectivity index is 1.91. The molecule has 0 aliphatic heterocycles. The summed E-state index contributed by atoms with van der Waals surface area (Å²) in [7, 11) is 0. The summed E-state index contributed by atoms with van der Waals surface area (Å²) in [4.78, 5) is 3.23. The van der Waals surface area contributed by atoms with E-state index < -0.39 is 0 Å². The number of nitriles is 1. The molecule has 2 nitrogen and oxygen atoms in total. The molecular weight excluding hydrogens is 280 g/mol. The summed E-state index contributed by atoms with van der Waals surface area (Å²) in [5, 5.41) is 10.6. The monoisotopic (exact) mass is 300 g/mol. The summed E-state index contributed by atoms with van der Waals surface area (Å²) in [5.41, 5.74) is 5.11. The van der Waals surface area contributed by atoms with Crippen LogP contribution in [0.15, 0.2) is 54.7 Å². The van der Waals surface area contributed by atoms with Crippen LogP contribution in [-0.2, 0) is 6.42 Å². The topological polar surface area (TPSA) is 39.6 Å². The first-order valence-corrected chi connectivity index (χ1v) is 8.09. The highest BCUT2D eigenvalue weighted by Crippen LogP contribution is 2.26. The first-order valence-electron chi connectivity index (χ1n) is 8.09. The summed E-state index contributed by atoms with van der Waals surface area (Å²) in [5.74, 6) is 0. The van der Waals surface area contributed by atoms with E-state index in [2.05, 4.69) is 42.2 Å². The highest BCUT2D eigenvalue weighted by Gasteiger charge is 2.08. The predicted octanol–water partition coefficient (Wildman–Crippen LogP) is 5.57. The molecule has 0 fully saturated rings. The van der Waals surface area contributed by atoms with Crippen molar-refractivity contribution in [3.05, 3.63) is 71.4 Å². The molecular formula is C21H20N2. The fourth-order valence-electron chi connectivity index (χ4n) is 2.79. The average molecular weight is 300 g/mol. The van der Waals surface area contributed by atoms with E-state index in [-0.39, 0.29) is 0 Å². The Hall–Kier alpha value is -2.79. The minimum absolute atomic E-state index is 0.684. The molecule has 0 saturated heterocycles. The van der Waals surface area contributed by atoms with E-state index in [1.165, 1.54) is 18.4 Å². The van der Waals surface area contributed by atoms with Crippen molar-refractivity contribution in [1.82, 2.24) is 4.98 Å². The minimum atomic E-state index is 0.684. The third kappa shape index (κ3) is 3.35. The average Bonchev–Trinajstić information content (AvgIpc) is 3.03. The first-order chi connectivity index (χ1) is 11.3. The van der Waals surface area contributed by atoms with Gasteiger partial charge in [0.1, 0.15) is 0 Å². The van der Waals surface area contributed by atoms with Crippen LogP contribution in [0.5, 0.6) is 0 Å². The van der Waals surface area contributed by atoms with E-state index in [1.807, 2.05) is 36.5 Å². The molecule has 0 amide bonds. The van der Waals surface area contributed by atoms with E-state index in [4.69, 9.17) is 0 Å². The van der Waals surface area contributed by atoms with Gasteiger partial charge in [-0.1, -0.05) is 55.8 Å². The first kappa shape index (κ1) is 15.1. The maximum Gasteiger partial charge on any atom is 0.0998 e. The molecule has 1 heterocycles. The number of benzene rings is 2. The molecule has 0 atom stereocenters. The molecule has 3 rings (SSSR count). The zero-order chi connectivity index (χ0) is 16.1. The van der Waals surface area contributed by atoms with Crippen LogP contribution >= 0.6 is 0 Å². The van der Waals surface area contributed by atoms with Crippen molar-refractivity contribution in [3.63, 3.8) is 0 Å². The van der Waals surface area contributed by atoms with Gasteiger partial charge in [0.05, 0.1) is 11.6 Å². The number of unbranched alkanes of at least 4 members (excludes halogenated alkanes) is 1. The molecule has 0 saturated carbocycles. The number of hydrogen-bond donors (Lipinski definition) is 1. The predicted molar refractivity (Wildman–Crippen MR) is 96.8 cm³/mol. The third-order valence-corrected chi connectivity index (χ3v) is 4.11. The fourth-order valence-corrected chi connectivity index (χ4v) is 2.79. The molecule has 23 heavy (non-hydrogen) atoms. The summed E-state index contributed by atoms with van der Waals surface area (Å²) in [6.07, 6.45) is 7.41. The molecule has 0 aliphatic rings. The van der Waals surface area contributed by atoms with Crippen molar-refractivity contribution in [1.29, 1.82) is 5.26 Å². The fraction of sp³-hybridized carbons (Fsp3) is 0.190. The van der Waals surface area contributed by atoms with Crippen LogP contribution < -0.4 is 0 Å². The van der Waals surface area contributed by atoms with Crippen molar-refractivity contribution in [2.75, 3.05) is 0 Å². The second-order valence-electron chi connectivity index (χ2n) is 5.76. The van der Waals surface area contributed by atoms with Gasteiger partial charge in [0.25, 0.3) is 0 Å². The molecule has 0 unspecified atom stereocenters. The Kier molecular flexibility index (Phi) is 4.59. The van der Waals surface area contributed by atoms with Gasteiger partial charge in [0.2, 0.25) is 0 Å². The van der Waals surface area contributed by atoms with Gasteiger partial charge in [0, 0.05) is 22.7 Å². The van der Waals surface area contributed by atoms with Crippen LogP contribution in [0.3, 0.4) is 0 Å². The van der Waals surface area contributed by atoms with Crippen LogP contribution in [0.4, 0.5) is 0 Å². The number of aromatic nitrogens is 1. The lowest BCUT2D eigenvalue weighted by Gasteiger charge is -2.02. The van der Waals surface area contributed by atoms with Gasteiger partial charge in [0.15, 0.2) is 0 Å². The smallest absolute Gasteiger partial charge is 0.0998 e. The van der Waals surface area contributed by atoms with Crippen molar-refractivity contribution in [3.8, 4) is 6.07 Å². The maximum absolute atomic E-state index is 9.56. The van der Waals surface area contributed by atoms with Gasteiger partial charge < -0.3 is 4.98 Å². The van der Waals surface area contributed by atoms with Gasteiger partial charge in [-0.3, -0.25) is 0 Å². The Bertz CT molecular complexity index is 861. The van der Waals surface area contributed by atoms with Gasteiger partial charge in [-0.15, -0.1) is 0 Å². The summed E-state index contributed by atoms with van der Waals surface area (Å²) >= 11 is 0. The van der Waals surface area contributed by atoms with Crippen molar-refractivity contribution >= 4 is 22.6 Å². The number of nitrogens with one attached hydrogen (secondary N) is 1. The van der Waals surface area contributed by atoms with Crippen molar-refractivity contribution in [2.24, 2.45) is 0 Å². The van der Waals surface area contributed by atoms with Gasteiger partial charge >= 0.3 is 0 Å². The lowest BCUT2D eigenvalue weighted by atomic mass is 10.0. The molecule has 0 spiro atoms. The number of para-hydroxylation sites is 1. The highest BCUT2D eigenvalue weighted by atomic mass is 14.7. The highest BCUT2D eigenvalue weighted by molar-refractivity contribution is 6.01. The quantitative estimate of drug-likeness (QED) is 0.614. The van der Waals surface area contributed by atoms with Crippen molar-refractivity contribution in [2.45, 2.75) is 26.2 Å². The Morgan fingerprint density at radius 3 is 2.65 bits per heavy atom. The van der Waals surface area contributed by atoms with Crippen LogP contribution in [0.2, 0.25) is 0 Å². The van der Waals surface area contributed by atoms with E-state index in [1.54, 1.807) is 0 Å². The lowest BCUT2D eigenvalue weighted by molar-refractivity contribution is 0.795. The number of hydrogen-bond acceptors (Lipinski definition) is 1. The molecule has 1 N–H and O–H groups in total. The standard InChI is InChI=1S/C21H20N2/c1-2-3-6-16-9-11-17(12-10-16)13-18(14-22)20-15-23-21-8-5-4-7-19(20)21/h4-5,7-13,15,23H,2-3,6H2,1H3/b18-13+. The van der Waals surface area contributed by atoms with Crippen molar-refractivity contribution < 1.29 is 0 Å². The second kappa shape index (κ2) is 6.98. The molecule has 114 valence electrons. The molecule has 0 radical (unpaired) electrons. The number of aromatic amines is 1. The lowest BCUT2D eigenvalue weighted by Crippen LogP contribution is -1.85. The summed E-state index contributed by atoms with van der Waals surface area (Å²) in [6.45, 7) is 2.21. The number of H-pyrrole nitrogens is 1. The van der Waals surface area contributed by atoms with Gasteiger partial charge in [-0.2, -0.15) is 5.26 Å². The number of aryl methyl sites for hydroxylation is 1. The largest absolute Gasteiger partial charge is 0.361 e. The van der Waals surface area contributed by atoms with Crippen LogP contribution in [0.25, 0.3) is 22.6 Å². The molecule has 3 aromatic rings. The van der Waals surface area contributed by atoms with Crippen LogP contribution in [-0.4, -0.2) is 4.98 Å². The van der Waals surface area contributed by atoms with E-state index >= 15 is 0 Å². The molecule has 0 aliphatic carbocycles. The van der Waals surface area contributed by atoms with E-state index in [9.17, 15) is 5.26 Å². The normalized spacial score (nSPS) is 11.6. The zero-order valence-corrected chi connectivity index (χ0v) is 13.3. The van der Waals surface area contributed by atoms with Crippen LogP contribution in [0, 0.1) is 11.3 Å². The zero-order valence-electron chi connectivity index (χ0n) is 13.3. The number of fused-ring (bicyclic) bond motifs is 1. The van der Waals surface area contributed by atoms with Gasteiger partial charge in [-0.05, 0) is 36.1 Å². The van der Waals surface area contributed by atoms with Gasteiger partial charge in [-0.25, -0.2) is 0 Å². The summed E-state index contributed by atoms with van der Waals surface area (Å²) < 4.78 is 0. The molecule has 1 aromatic heterocycles. The Morgan fingerprint density at radius 1 is 1.13 bits per heavy atom. The molecule has 2 aromatic carbocycles. The summed E-state index contributed by atoms with van der Waals surface area (Å²) in [6, 6.07) is 18.9. The SMILES string of the molecule is CCCCc1ccc(/C=C(\C#N)c2c[nH]c3ccccc23)cc1. The Labute approximate surface area is 137 Å². The second-order valence-corrected chi connectivity index (χ2v) is 5.76. The molecule has 2 heteroatoms. The third-order valence-electron chi connectivity index (χ3n) is 4.11. The van der Waals surface area contributed by atoms with E-state index in [0.29, 0.717) is 5.57 Å². The minimum Gasteiger partial charge on any atom is -0.361 e. The number of nitrogens with zero attached hydrogens (tertiary/aromatic N) is 1. The molecule has 0 bridgehead atoms. The van der Waals surface area contributed by atoms with E-state index in [0.717, 1.165) is 28.5 Å². The number of allylic oxidation sites excluding steroid dienone is 1. The number of rotatable bonds is 5.